The van der Waals surface area contributed by atoms with E-state index in [-0.39, 0.29) is 17.9 Å². The lowest BCUT2D eigenvalue weighted by Crippen LogP contribution is -2.54. The van der Waals surface area contributed by atoms with Gasteiger partial charge in [0.2, 0.25) is 17.7 Å². The van der Waals surface area contributed by atoms with Crippen LogP contribution >= 0.6 is 0 Å². The van der Waals surface area contributed by atoms with Gasteiger partial charge in [0.25, 0.3) is 0 Å². The molecule has 2 unspecified atom stereocenters. The number of ether oxygens (including phenoxy) is 1. The number of aryl methyl sites for hydroxylation is 1. The SMILES string of the molecule is C=CCN(C(=O)C(CC(N)=O)NC(=O)OC(C)(C)C)C(C(=O)NCCCCC)c1cccc(C)c1O. The van der Waals surface area contributed by atoms with Crippen molar-refractivity contribution in [2.24, 2.45) is 5.73 Å². The largest absolute Gasteiger partial charge is 0.507 e. The number of carbonyl (C=O) groups is 4. The van der Waals surface area contributed by atoms with E-state index in [4.69, 9.17) is 10.5 Å². The number of hydrogen-bond donors (Lipinski definition) is 4. The lowest BCUT2D eigenvalue weighted by atomic mass is 9.98. The van der Waals surface area contributed by atoms with Crippen molar-refractivity contribution in [2.75, 3.05) is 13.1 Å². The van der Waals surface area contributed by atoms with Gasteiger partial charge in [0.05, 0.1) is 6.42 Å². The van der Waals surface area contributed by atoms with Crippen molar-refractivity contribution in [3.8, 4) is 5.75 Å². The second-order valence-corrected chi connectivity index (χ2v) is 9.56. The maximum atomic E-state index is 13.7. The van der Waals surface area contributed by atoms with Crippen molar-refractivity contribution in [3.63, 3.8) is 0 Å². The minimum atomic E-state index is -1.40. The van der Waals surface area contributed by atoms with E-state index in [9.17, 15) is 24.3 Å². The van der Waals surface area contributed by atoms with Gasteiger partial charge in [0.15, 0.2) is 0 Å². The Morgan fingerprint density at radius 1 is 1.22 bits per heavy atom. The summed E-state index contributed by atoms with van der Waals surface area (Å²) in [5.74, 6) is -2.24. The minimum Gasteiger partial charge on any atom is -0.507 e. The third-order valence-corrected chi connectivity index (χ3v) is 5.21. The zero-order chi connectivity index (χ0) is 27.5. The van der Waals surface area contributed by atoms with Gasteiger partial charge in [-0.2, -0.15) is 0 Å². The third kappa shape index (κ3) is 9.59. The van der Waals surface area contributed by atoms with Crippen molar-refractivity contribution < 1.29 is 29.0 Å². The fourth-order valence-electron chi connectivity index (χ4n) is 3.55. The van der Waals surface area contributed by atoms with E-state index < -0.39 is 47.9 Å². The van der Waals surface area contributed by atoms with Gasteiger partial charge in [-0.15, -0.1) is 6.58 Å². The topological polar surface area (TPSA) is 151 Å². The Kier molecular flexibility index (Phi) is 11.9. The van der Waals surface area contributed by atoms with Crippen molar-refractivity contribution >= 4 is 23.8 Å². The molecule has 10 nitrogen and oxygen atoms in total. The molecule has 1 aromatic rings. The van der Waals surface area contributed by atoms with E-state index in [1.54, 1.807) is 45.9 Å². The number of phenolic OH excluding ortho intramolecular Hbond substituents is 1. The van der Waals surface area contributed by atoms with Crippen LogP contribution in [0.1, 0.15) is 70.5 Å². The smallest absolute Gasteiger partial charge is 0.408 e. The number of primary amides is 1. The summed E-state index contributed by atoms with van der Waals surface area (Å²) in [7, 11) is 0. The first-order valence-electron chi connectivity index (χ1n) is 12.1. The van der Waals surface area contributed by atoms with Crippen LogP contribution in [-0.4, -0.2) is 58.6 Å². The molecule has 0 fully saturated rings. The highest BCUT2D eigenvalue weighted by Gasteiger charge is 2.37. The second-order valence-electron chi connectivity index (χ2n) is 9.56. The number of unbranched alkanes of at least 4 members (excludes halogenated alkanes) is 2. The summed E-state index contributed by atoms with van der Waals surface area (Å²) in [6.45, 7) is 12.6. The number of para-hydroxylation sites is 1. The maximum Gasteiger partial charge on any atom is 0.408 e. The average Bonchev–Trinajstić information content (AvgIpc) is 2.76. The first kappa shape index (κ1) is 30.5. The number of phenols is 1. The molecule has 10 heteroatoms. The molecule has 4 amide bonds. The molecule has 5 N–H and O–H groups in total. The van der Waals surface area contributed by atoms with Crippen LogP contribution in [0.3, 0.4) is 0 Å². The fraction of sp³-hybridized carbons (Fsp3) is 0.538. The standard InChI is InChI=1S/C26H40N4O6/c1-7-9-10-14-28-23(33)21(18-13-11-12-17(3)22(18)32)30(15-8-2)24(34)19(16-20(27)31)29-25(35)36-26(4,5)6/h8,11-13,19,21,32H,2,7,9-10,14-16H2,1,3-6H3,(H2,27,31)(H,28,33)(H,29,35). The van der Waals surface area contributed by atoms with E-state index in [2.05, 4.69) is 17.2 Å². The predicted octanol–water partition coefficient (Wildman–Crippen LogP) is 2.83. The number of aromatic hydroxyl groups is 1. The molecular weight excluding hydrogens is 464 g/mol. The molecule has 0 spiro atoms. The lowest BCUT2D eigenvalue weighted by Gasteiger charge is -2.34. The van der Waals surface area contributed by atoms with Gasteiger partial charge < -0.3 is 31.1 Å². The molecule has 200 valence electrons. The van der Waals surface area contributed by atoms with Crippen LogP contribution in [0.15, 0.2) is 30.9 Å². The van der Waals surface area contributed by atoms with Gasteiger partial charge in [-0.25, -0.2) is 4.79 Å². The lowest BCUT2D eigenvalue weighted by molar-refractivity contribution is -0.142. The Labute approximate surface area is 213 Å². The van der Waals surface area contributed by atoms with Crippen LogP contribution in [0.4, 0.5) is 4.79 Å². The molecule has 0 saturated carbocycles. The molecule has 0 aliphatic rings. The molecule has 0 aliphatic heterocycles. The van der Waals surface area contributed by atoms with Crippen LogP contribution in [0, 0.1) is 6.92 Å². The Morgan fingerprint density at radius 2 is 1.89 bits per heavy atom. The molecule has 0 aromatic heterocycles. The van der Waals surface area contributed by atoms with Crippen molar-refractivity contribution in [2.45, 2.75) is 78.0 Å². The summed E-state index contributed by atoms with van der Waals surface area (Å²) in [5, 5.41) is 16.0. The molecule has 0 aliphatic carbocycles. The number of nitrogens with one attached hydrogen (secondary N) is 2. The average molecular weight is 505 g/mol. The quantitative estimate of drug-likeness (QED) is 0.240. The summed E-state index contributed by atoms with van der Waals surface area (Å²) in [4.78, 5) is 52.4. The van der Waals surface area contributed by atoms with E-state index in [1.807, 2.05) is 6.92 Å². The van der Waals surface area contributed by atoms with Gasteiger partial charge in [-0.05, 0) is 39.7 Å². The first-order chi connectivity index (χ1) is 16.8. The van der Waals surface area contributed by atoms with Gasteiger partial charge in [0, 0.05) is 18.7 Å². The Morgan fingerprint density at radius 3 is 2.44 bits per heavy atom. The molecule has 0 saturated heterocycles. The second kappa shape index (κ2) is 14.1. The fourth-order valence-corrected chi connectivity index (χ4v) is 3.55. The highest BCUT2D eigenvalue weighted by molar-refractivity contribution is 5.95. The van der Waals surface area contributed by atoms with Crippen molar-refractivity contribution in [1.29, 1.82) is 0 Å². The normalized spacial score (nSPS) is 12.7. The summed E-state index contributed by atoms with van der Waals surface area (Å²) < 4.78 is 5.23. The van der Waals surface area contributed by atoms with Gasteiger partial charge in [-0.1, -0.05) is 44.0 Å². The number of nitrogens with zero attached hydrogens (tertiary/aromatic N) is 1. The van der Waals surface area contributed by atoms with Gasteiger partial charge >= 0.3 is 6.09 Å². The Hall–Kier alpha value is -3.56. The van der Waals surface area contributed by atoms with E-state index in [0.717, 1.165) is 24.2 Å². The number of hydrogen-bond acceptors (Lipinski definition) is 6. The van der Waals surface area contributed by atoms with Crippen LogP contribution in [0.25, 0.3) is 0 Å². The zero-order valence-electron chi connectivity index (χ0n) is 21.9. The van der Waals surface area contributed by atoms with Gasteiger partial charge in [0.1, 0.15) is 23.4 Å². The molecule has 0 heterocycles. The Bertz CT molecular complexity index is 941. The number of benzene rings is 1. The zero-order valence-corrected chi connectivity index (χ0v) is 21.9. The van der Waals surface area contributed by atoms with Crippen molar-refractivity contribution in [1.82, 2.24) is 15.5 Å². The number of alkyl carbamates (subject to hydrolysis) is 1. The monoisotopic (exact) mass is 504 g/mol. The molecule has 0 bridgehead atoms. The van der Waals surface area contributed by atoms with E-state index in [1.165, 1.54) is 6.08 Å². The first-order valence-corrected chi connectivity index (χ1v) is 12.1. The van der Waals surface area contributed by atoms with Crippen molar-refractivity contribution in [3.05, 3.63) is 42.0 Å². The summed E-state index contributed by atoms with van der Waals surface area (Å²) in [6.07, 6.45) is 2.60. The number of amides is 4. The molecular formula is C26H40N4O6. The van der Waals surface area contributed by atoms with Crippen LogP contribution in [0.5, 0.6) is 5.75 Å². The van der Waals surface area contributed by atoms with E-state index >= 15 is 0 Å². The summed E-state index contributed by atoms with van der Waals surface area (Å²) in [5.41, 5.74) is 5.22. The molecule has 1 aromatic carbocycles. The van der Waals surface area contributed by atoms with Crippen LogP contribution in [-0.2, 0) is 19.1 Å². The molecule has 1 rings (SSSR count). The third-order valence-electron chi connectivity index (χ3n) is 5.21. The summed E-state index contributed by atoms with van der Waals surface area (Å²) in [6, 6.07) is 2.23. The highest BCUT2D eigenvalue weighted by atomic mass is 16.6. The number of rotatable bonds is 13. The van der Waals surface area contributed by atoms with Crippen LogP contribution < -0.4 is 16.4 Å². The maximum absolute atomic E-state index is 13.7. The molecule has 0 radical (unpaired) electrons. The molecule has 36 heavy (non-hydrogen) atoms. The minimum absolute atomic E-state index is 0.107. The summed E-state index contributed by atoms with van der Waals surface area (Å²) >= 11 is 0. The Balaban J connectivity index is 3.46. The van der Waals surface area contributed by atoms with Gasteiger partial charge in [-0.3, -0.25) is 14.4 Å². The predicted molar refractivity (Wildman–Crippen MR) is 137 cm³/mol. The number of carbonyl (C=O) groups excluding carboxylic acids is 4. The highest BCUT2D eigenvalue weighted by Crippen LogP contribution is 2.32. The van der Waals surface area contributed by atoms with Crippen LogP contribution in [0.2, 0.25) is 0 Å². The molecule has 2 atom stereocenters. The van der Waals surface area contributed by atoms with E-state index in [0.29, 0.717) is 12.1 Å². The number of nitrogens with two attached hydrogens (primary N) is 1.